The molecule has 1 aromatic carbocycles. The van der Waals surface area contributed by atoms with Crippen LogP contribution in [0.4, 0.5) is 5.69 Å². The van der Waals surface area contributed by atoms with Crippen LogP contribution in [0.15, 0.2) is 30.6 Å². The Bertz CT molecular complexity index is 622. The standard InChI is InChI=1S/C14H14N4O/c15-6-11-7-17-13(8-16-11)10-1-3-12-9(5-10)2-4-14(19)18-12/h1,3,5,7-8H,2,4,6,15H2,(H,18,19). The predicted molar refractivity (Wildman–Crippen MR) is 72.3 cm³/mol. The summed E-state index contributed by atoms with van der Waals surface area (Å²) in [7, 11) is 0. The van der Waals surface area contributed by atoms with Crippen molar-refractivity contribution in [3.05, 3.63) is 41.9 Å². The van der Waals surface area contributed by atoms with Gasteiger partial charge in [0, 0.05) is 24.2 Å². The number of fused-ring (bicyclic) bond motifs is 1. The molecule has 1 aliphatic rings. The summed E-state index contributed by atoms with van der Waals surface area (Å²) in [5, 5.41) is 2.87. The van der Waals surface area contributed by atoms with Gasteiger partial charge in [-0.15, -0.1) is 0 Å². The third-order valence-electron chi connectivity index (χ3n) is 3.21. The second kappa shape index (κ2) is 4.78. The number of hydrogen-bond donors (Lipinski definition) is 2. The van der Waals surface area contributed by atoms with Crippen molar-refractivity contribution in [1.29, 1.82) is 0 Å². The number of hydrogen-bond acceptors (Lipinski definition) is 4. The first-order valence-electron chi connectivity index (χ1n) is 6.20. The first-order valence-corrected chi connectivity index (χ1v) is 6.20. The summed E-state index contributed by atoms with van der Waals surface area (Å²) in [4.78, 5) is 19.9. The van der Waals surface area contributed by atoms with Gasteiger partial charge < -0.3 is 11.1 Å². The number of carbonyl (C=O) groups excluding carboxylic acids is 1. The molecule has 2 heterocycles. The van der Waals surface area contributed by atoms with E-state index >= 15 is 0 Å². The Kier molecular flexibility index (Phi) is 2.97. The molecule has 5 heteroatoms. The first kappa shape index (κ1) is 11.8. The minimum Gasteiger partial charge on any atom is -0.326 e. The summed E-state index contributed by atoms with van der Waals surface area (Å²) in [5.74, 6) is 0.0762. The molecule has 1 aromatic heterocycles. The zero-order chi connectivity index (χ0) is 13.2. The largest absolute Gasteiger partial charge is 0.326 e. The van der Waals surface area contributed by atoms with Crippen LogP contribution in [0.1, 0.15) is 17.7 Å². The molecule has 0 spiro atoms. The van der Waals surface area contributed by atoms with E-state index in [1.165, 1.54) is 0 Å². The van der Waals surface area contributed by atoms with Crippen LogP contribution in [0.25, 0.3) is 11.3 Å². The van der Waals surface area contributed by atoms with Gasteiger partial charge in [-0.2, -0.15) is 0 Å². The van der Waals surface area contributed by atoms with Crippen LogP contribution in [0, 0.1) is 0 Å². The lowest BCUT2D eigenvalue weighted by molar-refractivity contribution is -0.116. The molecular weight excluding hydrogens is 240 g/mol. The maximum Gasteiger partial charge on any atom is 0.224 e. The van der Waals surface area contributed by atoms with Crippen LogP contribution < -0.4 is 11.1 Å². The molecule has 1 amide bonds. The fraction of sp³-hybridized carbons (Fsp3) is 0.214. The molecule has 0 radical (unpaired) electrons. The van der Waals surface area contributed by atoms with Crippen molar-refractivity contribution in [2.75, 3.05) is 5.32 Å². The molecule has 3 rings (SSSR count). The topological polar surface area (TPSA) is 80.9 Å². The normalized spacial score (nSPS) is 13.8. The summed E-state index contributed by atoms with van der Waals surface area (Å²) < 4.78 is 0. The third kappa shape index (κ3) is 2.32. The molecule has 3 N–H and O–H groups in total. The Hall–Kier alpha value is -2.27. The van der Waals surface area contributed by atoms with E-state index in [-0.39, 0.29) is 5.91 Å². The molecule has 1 aliphatic heterocycles. The number of benzene rings is 1. The molecule has 2 aromatic rings. The fourth-order valence-electron chi connectivity index (χ4n) is 2.15. The van der Waals surface area contributed by atoms with E-state index in [0.717, 1.165) is 34.6 Å². The lowest BCUT2D eigenvalue weighted by Crippen LogP contribution is -2.18. The third-order valence-corrected chi connectivity index (χ3v) is 3.21. The number of anilines is 1. The Morgan fingerprint density at radius 3 is 2.84 bits per heavy atom. The Labute approximate surface area is 110 Å². The highest BCUT2D eigenvalue weighted by atomic mass is 16.1. The van der Waals surface area contributed by atoms with Crippen molar-refractivity contribution < 1.29 is 4.79 Å². The van der Waals surface area contributed by atoms with E-state index in [2.05, 4.69) is 21.4 Å². The van der Waals surface area contributed by atoms with E-state index in [9.17, 15) is 4.79 Å². The minimum absolute atomic E-state index is 0.0762. The minimum atomic E-state index is 0.0762. The van der Waals surface area contributed by atoms with E-state index in [4.69, 9.17) is 5.73 Å². The van der Waals surface area contributed by atoms with Crippen molar-refractivity contribution in [3.63, 3.8) is 0 Å². The highest BCUT2D eigenvalue weighted by Gasteiger charge is 2.15. The zero-order valence-electron chi connectivity index (χ0n) is 10.4. The molecule has 19 heavy (non-hydrogen) atoms. The predicted octanol–water partition coefficient (Wildman–Crippen LogP) is 1.49. The molecular formula is C14H14N4O. The maximum atomic E-state index is 11.3. The van der Waals surface area contributed by atoms with Crippen molar-refractivity contribution in [2.24, 2.45) is 5.73 Å². The van der Waals surface area contributed by atoms with Gasteiger partial charge in [0.15, 0.2) is 0 Å². The number of aromatic nitrogens is 2. The van der Waals surface area contributed by atoms with Crippen LogP contribution in [0.3, 0.4) is 0 Å². The van der Waals surface area contributed by atoms with Crippen LogP contribution in [0.5, 0.6) is 0 Å². The number of amides is 1. The Morgan fingerprint density at radius 1 is 1.21 bits per heavy atom. The summed E-state index contributed by atoms with van der Waals surface area (Å²) in [5.41, 5.74) is 10.1. The molecule has 0 aliphatic carbocycles. The highest BCUT2D eigenvalue weighted by molar-refractivity contribution is 5.94. The van der Waals surface area contributed by atoms with Gasteiger partial charge in [0.1, 0.15) is 0 Å². The average molecular weight is 254 g/mol. The van der Waals surface area contributed by atoms with Crippen molar-refractivity contribution in [2.45, 2.75) is 19.4 Å². The van der Waals surface area contributed by atoms with Gasteiger partial charge in [0.25, 0.3) is 0 Å². The molecule has 0 atom stereocenters. The van der Waals surface area contributed by atoms with Crippen molar-refractivity contribution in [1.82, 2.24) is 9.97 Å². The van der Waals surface area contributed by atoms with Gasteiger partial charge in [-0.1, -0.05) is 6.07 Å². The van der Waals surface area contributed by atoms with Gasteiger partial charge >= 0.3 is 0 Å². The molecule has 0 bridgehead atoms. The molecule has 96 valence electrons. The monoisotopic (exact) mass is 254 g/mol. The van der Waals surface area contributed by atoms with E-state index in [1.807, 2.05) is 12.1 Å². The molecule has 0 unspecified atom stereocenters. The van der Waals surface area contributed by atoms with E-state index in [1.54, 1.807) is 12.4 Å². The summed E-state index contributed by atoms with van der Waals surface area (Å²) in [6.45, 7) is 0.392. The number of nitrogens with one attached hydrogen (secondary N) is 1. The van der Waals surface area contributed by atoms with Crippen LogP contribution in [-0.4, -0.2) is 15.9 Å². The number of carbonyl (C=O) groups is 1. The first-order chi connectivity index (χ1) is 9.26. The lowest BCUT2D eigenvalue weighted by atomic mass is 9.99. The van der Waals surface area contributed by atoms with Gasteiger partial charge in [-0.05, 0) is 24.1 Å². The molecule has 0 fully saturated rings. The number of nitrogens with zero attached hydrogens (tertiary/aromatic N) is 2. The summed E-state index contributed by atoms with van der Waals surface area (Å²) >= 11 is 0. The Balaban J connectivity index is 1.95. The van der Waals surface area contributed by atoms with Crippen LogP contribution in [0.2, 0.25) is 0 Å². The van der Waals surface area contributed by atoms with Gasteiger partial charge in [-0.25, -0.2) is 0 Å². The smallest absolute Gasteiger partial charge is 0.224 e. The molecule has 0 saturated heterocycles. The second-order valence-electron chi connectivity index (χ2n) is 4.52. The van der Waals surface area contributed by atoms with Gasteiger partial charge in [-0.3, -0.25) is 14.8 Å². The number of nitrogens with two attached hydrogens (primary N) is 1. The van der Waals surface area contributed by atoms with Gasteiger partial charge in [0.2, 0.25) is 5.91 Å². The Morgan fingerprint density at radius 2 is 2.11 bits per heavy atom. The zero-order valence-corrected chi connectivity index (χ0v) is 10.4. The van der Waals surface area contributed by atoms with Crippen LogP contribution in [-0.2, 0) is 17.8 Å². The summed E-state index contributed by atoms with van der Waals surface area (Å²) in [6, 6.07) is 5.91. The molecule has 0 saturated carbocycles. The quantitative estimate of drug-likeness (QED) is 0.850. The number of aryl methyl sites for hydroxylation is 1. The van der Waals surface area contributed by atoms with E-state index in [0.29, 0.717) is 13.0 Å². The highest BCUT2D eigenvalue weighted by Crippen LogP contribution is 2.27. The maximum absolute atomic E-state index is 11.3. The fourth-order valence-corrected chi connectivity index (χ4v) is 2.15. The SMILES string of the molecule is NCc1cnc(-c2ccc3c(c2)CCC(=O)N3)cn1. The van der Waals surface area contributed by atoms with Crippen molar-refractivity contribution in [3.8, 4) is 11.3 Å². The van der Waals surface area contributed by atoms with E-state index < -0.39 is 0 Å². The van der Waals surface area contributed by atoms with Crippen molar-refractivity contribution >= 4 is 11.6 Å². The second-order valence-corrected chi connectivity index (χ2v) is 4.52. The van der Waals surface area contributed by atoms with Gasteiger partial charge in [0.05, 0.1) is 23.8 Å². The molecule has 5 nitrogen and oxygen atoms in total. The van der Waals surface area contributed by atoms with Crippen LogP contribution >= 0.6 is 0 Å². The average Bonchev–Trinajstić information content (AvgIpc) is 2.47. The lowest BCUT2D eigenvalue weighted by Gasteiger charge is -2.17. The number of rotatable bonds is 2. The summed E-state index contributed by atoms with van der Waals surface area (Å²) in [6.07, 6.45) is 4.72.